The van der Waals surface area contributed by atoms with Crippen molar-refractivity contribution in [1.82, 2.24) is 4.98 Å². The Balaban J connectivity index is 1.78. The van der Waals surface area contributed by atoms with Gasteiger partial charge in [0.25, 0.3) is 5.91 Å². The Bertz CT molecular complexity index is 1140. The SMILES string of the molecule is Cc1cccc(N(C(=O)[C@@H]2CS(=O)CN2c2nc(C)cc(C(F)(F)F)c2C#N)C2CC2)c1. The number of amides is 1. The number of pyridine rings is 1. The van der Waals surface area contributed by atoms with Gasteiger partial charge in [0.15, 0.2) is 0 Å². The van der Waals surface area contributed by atoms with Crippen LogP contribution in [0.1, 0.15) is 35.2 Å². The summed E-state index contributed by atoms with van der Waals surface area (Å²) in [6, 6.07) is 8.87. The second kappa shape index (κ2) is 8.20. The lowest BCUT2D eigenvalue weighted by atomic mass is 10.1. The van der Waals surface area contributed by atoms with E-state index in [4.69, 9.17) is 0 Å². The summed E-state index contributed by atoms with van der Waals surface area (Å²) in [5, 5.41) is 9.53. The number of nitrogens with zero attached hydrogens (tertiary/aromatic N) is 4. The van der Waals surface area contributed by atoms with Gasteiger partial charge in [-0.2, -0.15) is 18.4 Å². The van der Waals surface area contributed by atoms with Crippen molar-refractivity contribution < 1.29 is 22.2 Å². The Morgan fingerprint density at radius 1 is 1.28 bits per heavy atom. The van der Waals surface area contributed by atoms with E-state index in [1.54, 1.807) is 11.0 Å². The smallest absolute Gasteiger partial charge is 0.331 e. The van der Waals surface area contributed by atoms with Gasteiger partial charge >= 0.3 is 6.18 Å². The van der Waals surface area contributed by atoms with Crippen LogP contribution in [-0.2, 0) is 21.8 Å². The maximum atomic E-state index is 13.7. The third-order valence-corrected chi connectivity index (χ3v) is 6.79. The van der Waals surface area contributed by atoms with Gasteiger partial charge in [-0.3, -0.25) is 9.00 Å². The van der Waals surface area contributed by atoms with Crippen LogP contribution in [0.2, 0.25) is 0 Å². The molecule has 1 aromatic heterocycles. The Kier molecular flexibility index (Phi) is 5.71. The van der Waals surface area contributed by atoms with Crippen LogP contribution in [0, 0.1) is 25.2 Å². The second-order valence-electron chi connectivity index (χ2n) is 8.12. The molecule has 4 rings (SSSR count). The summed E-state index contributed by atoms with van der Waals surface area (Å²) in [7, 11) is -1.47. The molecule has 2 aromatic rings. The Morgan fingerprint density at radius 2 is 2.00 bits per heavy atom. The first kappa shape index (κ1) is 22.3. The molecule has 6 nitrogen and oxygen atoms in total. The summed E-state index contributed by atoms with van der Waals surface area (Å²) in [5.74, 6) is -0.783. The van der Waals surface area contributed by atoms with E-state index in [0.29, 0.717) is 5.69 Å². The fraction of sp³-hybridized carbons (Fsp3) is 0.409. The Hall–Kier alpha value is -2.93. The van der Waals surface area contributed by atoms with Crippen LogP contribution in [0.25, 0.3) is 0 Å². The molecular weight excluding hydrogens is 441 g/mol. The quantitative estimate of drug-likeness (QED) is 0.693. The highest BCUT2D eigenvalue weighted by atomic mass is 32.2. The molecule has 2 atom stereocenters. The number of halogens is 3. The van der Waals surface area contributed by atoms with Crippen molar-refractivity contribution in [2.24, 2.45) is 0 Å². The molecule has 0 spiro atoms. The molecule has 10 heteroatoms. The summed E-state index contributed by atoms with van der Waals surface area (Å²) in [6.07, 6.45) is -3.12. The molecule has 0 N–H and O–H groups in total. The number of nitriles is 1. The van der Waals surface area contributed by atoms with Gasteiger partial charge in [-0.15, -0.1) is 0 Å². The molecule has 1 aliphatic carbocycles. The summed E-state index contributed by atoms with van der Waals surface area (Å²) >= 11 is 0. The molecule has 0 radical (unpaired) electrons. The highest BCUT2D eigenvalue weighted by Crippen LogP contribution is 2.38. The van der Waals surface area contributed by atoms with Crippen molar-refractivity contribution in [3.05, 3.63) is 52.7 Å². The topological polar surface area (TPSA) is 77.3 Å². The molecule has 1 saturated carbocycles. The molecule has 168 valence electrons. The number of carbonyl (C=O) groups excluding carboxylic acids is 1. The van der Waals surface area contributed by atoms with Crippen LogP contribution in [-0.4, -0.2) is 38.8 Å². The molecule has 1 saturated heterocycles. The molecule has 1 aliphatic heterocycles. The number of hydrogen-bond acceptors (Lipinski definition) is 5. The third kappa shape index (κ3) is 4.21. The molecule has 2 fully saturated rings. The van der Waals surface area contributed by atoms with Crippen LogP contribution >= 0.6 is 0 Å². The van der Waals surface area contributed by atoms with Crippen LogP contribution in [0.15, 0.2) is 30.3 Å². The number of hydrogen-bond donors (Lipinski definition) is 0. The highest BCUT2D eigenvalue weighted by molar-refractivity contribution is 7.85. The summed E-state index contributed by atoms with van der Waals surface area (Å²) in [5.41, 5.74) is -0.0380. The van der Waals surface area contributed by atoms with Gasteiger partial charge in [0.2, 0.25) is 0 Å². The van der Waals surface area contributed by atoms with Gasteiger partial charge in [0.1, 0.15) is 23.5 Å². The zero-order valence-electron chi connectivity index (χ0n) is 17.5. The van der Waals surface area contributed by atoms with Crippen molar-refractivity contribution in [3.63, 3.8) is 0 Å². The summed E-state index contributed by atoms with van der Waals surface area (Å²) in [4.78, 5) is 20.8. The largest absolute Gasteiger partial charge is 0.417 e. The lowest BCUT2D eigenvalue weighted by Gasteiger charge is -2.31. The van der Waals surface area contributed by atoms with Crippen LogP contribution in [0.3, 0.4) is 0 Å². The molecule has 2 heterocycles. The maximum absolute atomic E-state index is 13.7. The number of anilines is 2. The fourth-order valence-electron chi connectivity index (χ4n) is 3.96. The van der Waals surface area contributed by atoms with Crippen molar-refractivity contribution in [2.75, 3.05) is 21.4 Å². The van der Waals surface area contributed by atoms with E-state index in [0.717, 1.165) is 24.5 Å². The monoisotopic (exact) mass is 462 g/mol. The molecule has 1 aromatic carbocycles. The average molecular weight is 462 g/mol. The van der Waals surface area contributed by atoms with Crippen LogP contribution < -0.4 is 9.80 Å². The fourth-order valence-corrected chi connectivity index (χ4v) is 5.36. The van der Waals surface area contributed by atoms with E-state index in [9.17, 15) is 27.4 Å². The van der Waals surface area contributed by atoms with Gasteiger partial charge in [-0.05, 0) is 50.5 Å². The standard InChI is InChI=1S/C22H21F3N4O2S/c1-13-4-3-5-16(8-13)29(15-6-7-15)21(30)19-11-32(31)12-28(19)20-17(10-26)18(22(23,24)25)9-14(2)27-20/h3-5,8-9,15,19H,6-7,11-12H2,1-2H3/t19-,32?/m0/s1. The Labute approximate surface area is 186 Å². The number of aromatic nitrogens is 1. The van der Waals surface area contributed by atoms with Crippen molar-refractivity contribution in [3.8, 4) is 6.07 Å². The van der Waals surface area contributed by atoms with Crippen LogP contribution in [0.5, 0.6) is 0 Å². The van der Waals surface area contributed by atoms with Gasteiger partial charge < -0.3 is 9.80 Å². The molecule has 0 bridgehead atoms. The van der Waals surface area contributed by atoms with Crippen molar-refractivity contribution in [2.45, 2.75) is 44.9 Å². The molecule has 32 heavy (non-hydrogen) atoms. The minimum absolute atomic E-state index is 0.00757. The lowest BCUT2D eigenvalue weighted by Crippen LogP contribution is -2.49. The van der Waals surface area contributed by atoms with Crippen molar-refractivity contribution >= 4 is 28.2 Å². The van der Waals surface area contributed by atoms with Gasteiger partial charge in [0, 0.05) is 28.2 Å². The molecule has 1 unspecified atom stereocenters. The lowest BCUT2D eigenvalue weighted by molar-refractivity contribution is -0.137. The number of aryl methyl sites for hydroxylation is 2. The van der Waals surface area contributed by atoms with E-state index in [1.807, 2.05) is 31.2 Å². The number of benzene rings is 1. The predicted molar refractivity (Wildman–Crippen MR) is 115 cm³/mol. The minimum atomic E-state index is -4.76. The normalized spacial score (nSPS) is 20.8. The molecule has 1 amide bonds. The predicted octanol–water partition coefficient (Wildman–Crippen LogP) is 3.68. The molecule has 2 aliphatic rings. The first-order chi connectivity index (χ1) is 15.1. The summed E-state index contributed by atoms with van der Waals surface area (Å²) < 4.78 is 53.2. The van der Waals surface area contributed by atoms with Crippen molar-refractivity contribution in [1.29, 1.82) is 5.26 Å². The van der Waals surface area contributed by atoms with Gasteiger partial charge in [-0.1, -0.05) is 12.1 Å². The third-order valence-electron chi connectivity index (χ3n) is 5.54. The Morgan fingerprint density at radius 3 is 2.59 bits per heavy atom. The maximum Gasteiger partial charge on any atom is 0.417 e. The first-order valence-electron chi connectivity index (χ1n) is 10.1. The number of rotatable bonds is 4. The van der Waals surface area contributed by atoms with E-state index < -0.39 is 34.1 Å². The van der Waals surface area contributed by atoms with E-state index >= 15 is 0 Å². The van der Waals surface area contributed by atoms with Crippen LogP contribution in [0.4, 0.5) is 24.7 Å². The second-order valence-corrected chi connectivity index (χ2v) is 9.59. The zero-order valence-corrected chi connectivity index (χ0v) is 18.3. The summed E-state index contributed by atoms with van der Waals surface area (Å²) in [6.45, 7) is 3.30. The van der Waals surface area contributed by atoms with E-state index in [2.05, 4.69) is 4.98 Å². The average Bonchev–Trinajstić information content (AvgIpc) is 3.47. The first-order valence-corrected chi connectivity index (χ1v) is 11.6. The molecular formula is C22H21F3N4O2S. The zero-order chi connectivity index (χ0) is 23.2. The minimum Gasteiger partial charge on any atom is -0.331 e. The highest BCUT2D eigenvalue weighted by Gasteiger charge is 2.45. The van der Waals surface area contributed by atoms with Gasteiger partial charge in [-0.25, -0.2) is 4.98 Å². The number of carbonyl (C=O) groups is 1. The van der Waals surface area contributed by atoms with Gasteiger partial charge in [0.05, 0.1) is 17.2 Å². The number of alkyl halides is 3. The van der Waals surface area contributed by atoms with E-state index in [1.165, 1.54) is 11.8 Å². The van der Waals surface area contributed by atoms with E-state index in [-0.39, 0.29) is 35.1 Å².